The van der Waals surface area contributed by atoms with Gasteiger partial charge in [-0.05, 0) is 58.0 Å². The highest BCUT2D eigenvalue weighted by atomic mass is 16.5. The first-order valence-corrected chi connectivity index (χ1v) is 12.2. The van der Waals surface area contributed by atoms with Gasteiger partial charge in [-0.1, -0.05) is 6.07 Å². The molecule has 0 aromatic carbocycles. The molecule has 0 saturated carbocycles. The summed E-state index contributed by atoms with van der Waals surface area (Å²) in [5.74, 6) is 0.994. The number of nitrogens with zero attached hydrogens (tertiary/aromatic N) is 8. The van der Waals surface area contributed by atoms with E-state index in [1.807, 2.05) is 42.1 Å². The Morgan fingerprint density at radius 2 is 1.92 bits per heavy atom. The fourth-order valence-corrected chi connectivity index (χ4v) is 5.09. The highest BCUT2D eigenvalue weighted by molar-refractivity contribution is 5.88. The summed E-state index contributed by atoms with van der Waals surface area (Å²) in [4.78, 5) is 11.0. The number of nitrogen functional groups attached to an aromatic ring is 1. The lowest BCUT2D eigenvalue weighted by atomic mass is 10.1. The normalized spacial score (nSPS) is 16.1. The van der Waals surface area contributed by atoms with E-state index in [1.54, 1.807) is 0 Å². The van der Waals surface area contributed by atoms with Crippen LogP contribution in [0.4, 0.5) is 5.82 Å². The Hall–Kier alpha value is -4.05. The number of ether oxygens (including phenoxy) is 1. The van der Waals surface area contributed by atoms with Gasteiger partial charge in [-0.2, -0.15) is 5.10 Å². The van der Waals surface area contributed by atoms with Crippen LogP contribution in [0, 0.1) is 6.92 Å². The molecule has 0 aliphatic carbocycles. The molecule has 5 aromatic rings. The van der Waals surface area contributed by atoms with Crippen LogP contribution in [0.2, 0.25) is 0 Å². The van der Waals surface area contributed by atoms with Gasteiger partial charge in [0.15, 0.2) is 5.65 Å². The number of hydrogen-bond acceptors (Lipinski definition) is 8. The highest BCUT2D eigenvalue weighted by Crippen LogP contribution is 2.35. The van der Waals surface area contributed by atoms with Gasteiger partial charge in [0.2, 0.25) is 5.88 Å². The summed E-state index contributed by atoms with van der Waals surface area (Å²) < 4.78 is 10.2. The second kappa shape index (κ2) is 8.87. The molecule has 0 spiro atoms. The maximum absolute atomic E-state index is 6.14. The van der Waals surface area contributed by atoms with Gasteiger partial charge in [-0.25, -0.2) is 14.6 Å². The van der Waals surface area contributed by atoms with Crippen molar-refractivity contribution in [3.05, 3.63) is 60.2 Å². The lowest BCUT2D eigenvalue weighted by Gasteiger charge is -2.28. The molecule has 0 bridgehead atoms. The van der Waals surface area contributed by atoms with Gasteiger partial charge in [-0.15, -0.1) is 10.2 Å². The second-order valence-corrected chi connectivity index (χ2v) is 9.48. The van der Waals surface area contributed by atoms with Gasteiger partial charge < -0.3 is 19.8 Å². The number of piperidine rings is 1. The standard InChI is InChI=1S/C26H29N9O/c1-16-23-25(27)28-15-29-26(23)35(32-16)17(2)20-14-18-6-4-5-11-34(18)24(20)21-7-8-22(31-30-21)36-19-9-12-33(3)13-10-19/h4-8,11,14-15,17,19H,9-10,12-13H2,1-3H3,(H2,27,28,29). The lowest BCUT2D eigenvalue weighted by Crippen LogP contribution is -2.35. The van der Waals surface area contributed by atoms with E-state index in [-0.39, 0.29) is 12.1 Å². The van der Waals surface area contributed by atoms with E-state index in [0.29, 0.717) is 17.3 Å². The van der Waals surface area contributed by atoms with E-state index >= 15 is 0 Å². The number of fused-ring (bicyclic) bond motifs is 2. The Bertz CT molecular complexity index is 1530. The number of aryl methyl sites for hydroxylation is 1. The number of rotatable bonds is 5. The third-order valence-corrected chi connectivity index (χ3v) is 7.05. The SMILES string of the molecule is Cc1nn(C(C)c2cc3ccccn3c2-c2ccc(OC3CCN(C)CC3)nn2)c2ncnc(N)c12. The molecule has 36 heavy (non-hydrogen) atoms. The molecule has 6 heterocycles. The minimum Gasteiger partial charge on any atom is -0.473 e. The first-order chi connectivity index (χ1) is 17.5. The lowest BCUT2D eigenvalue weighted by molar-refractivity contribution is 0.109. The number of pyridine rings is 1. The minimum absolute atomic E-state index is 0.137. The summed E-state index contributed by atoms with van der Waals surface area (Å²) in [6.07, 6.45) is 5.69. The smallest absolute Gasteiger partial charge is 0.233 e. The van der Waals surface area contributed by atoms with E-state index in [4.69, 9.17) is 15.6 Å². The van der Waals surface area contributed by atoms with Crippen LogP contribution in [0.5, 0.6) is 5.88 Å². The first-order valence-electron chi connectivity index (χ1n) is 12.2. The molecule has 0 radical (unpaired) electrons. The number of aromatic nitrogens is 7. The summed E-state index contributed by atoms with van der Waals surface area (Å²) >= 11 is 0. The van der Waals surface area contributed by atoms with E-state index in [1.165, 1.54) is 6.33 Å². The molecule has 1 atom stereocenters. The molecule has 0 amide bonds. The first kappa shape index (κ1) is 22.4. The monoisotopic (exact) mass is 483 g/mol. The molecule has 1 aliphatic rings. The van der Waals surface area contributed by atoms with Crippen LogP contribution in [0.1, 0.15) is 37.1 Å². The van der Waals surface area contributed by atoms with Crippen LogP contribution >= 0.6 is 0 Å². The van der Waals surface area contributed by atoms with Crippen LogP contribution in [0.15, 0.2) is 48.9 Å². The number of hydrogen-bond donors (Lipinski definition) is 1. The summed E-state index contributed by atoms with van der Waals surface area (Å²) in [6.45, 7) is 6.10. The Kier molecular flexibility index (Phi) is 5.52. The fraction of sp³-hybridized carbons (Fsp3) is 0.346. The zero-order chi connectivity index (χ0) is 24.8. The van der Waals surface area contributed by atoms with E-state index < -0.39 is 0 Å². The molecule has 10 heteroatoms. The van der Waals surface area contributed by atoms with Crippen molar-refractivity contribution < 1.29 is 4.74 Å². The van der Waals surface area contributed by atoms with Crippen molar-refractivity contribution in [2.75, 3.05) is 25.9 Å². The summed E-state index contributed by atoms with van der Waals surface area (Å²) in [6, 6.07) is 12.0. The van der Waals surface area contributed by atoms with Crippen LogP contribution in [-0.2, 0) is 0 Å². The van der Waals surface area contributed by atoms with Crippen molar-refractivity contribution in [2.24, 2.45) is 0 Å². The fourth-order valence-electron chi connectivity index (χ4n) is 5.09. The maximum atomic E-state index is 6.14. The van der Waals surface area contributed by atoms with Crippen molar-refractivity contribution in [1.82, 2.24) is 39.2 Å². The van der Waals surface area contributed by atoms with Crippen molar-refractivity contribution in [2.45, 2.75) is 38.8 Å². The molecule has 184 valence electrons. The third-order valence-electron chi connectivity index (χ3n) is 7.05. The zero-order valence-corrected chi connectivity index (χ0v) is 20.7. The topological polar surface area (TPSA) is 112 Å². The molecule has 6 rings (SSSR count). The predicted molar refractivity (Wildman–Crippen MR) is 138 cm³/mol. The van der Waals surface area contributed by atoms with E-state index in [0.717, 1.165) is 59.5 Å². The largest absolute Gasteiger partial charge is 0.473 e. The maximum Gasteiger partial charge on any atom is 0.233 e. The van der Waals surface area contributed by atoms with Crippen LogP contribution < -0.4 is 10.5 Å². The van der Waals surface area contributed by atoms with Crippen molar-refractivity contribution in [3.63, 3.8) is 0 Å². The molecular formula is C26H29N9O. The van der Waals surface area contributed by atoms with Crippen molar-refractivity contribution >= 4 is 22.4 Å². The second-order valence-electron chi connectivity index (χ2n) is 9.48. The Morgan fingerprint density at radius 3 is 2.69 bits per heavy atom. The molecule has 1 saturated heterocycles. The average molecular weight is 484 g/mol. The highest BCUT2D eigenvalue weighted by Gasteiger charge is 2.24. The summed E-state index contributed by atoms with van der Waals surface area (Å²) in [7, 11) is 2.14. The van der Waals surface area contributed by atoms with Crippen molar-refractivity contribution in [3.8, 4) is 17.3 Å². The van der Waals surface area contributed by atoms with Crippen LogP contribution in [-0.4, -0.2) is 65.5 Å². The number of likely N-dealkylation sites (tertiary alicyclic amines) is 1. The molecule has 2 N–H and O–H groups in total. The van der Waals surface area contributed by atoms with Crippen molar-refractivity contribution in [1.29, 1.82) is 0 Å². The molecule has 1 aliphatic heterocycles. The zero-order valence-electron chi connectivity index (χ0n) is 20.7. The van der Waals surface area contributed by atoms with Crippen LogP contribution in [0.25, 0.3) is 27.9 Å². The van der Waals surface area contributed by atoms with Crippen LogP contribution in [0.3, 0.4) is 0 Å². The Labute approximate surface area is 208 Å². The van der Waals surface area contributed by atoms with Gasteiger partial charge in [0.25, 0.3) is 0 Å². The molecular weight excluding hydrogens is 454 g/mol. The molecule has 1 fully saturated rings. The van der Waals surface area contributed by atoms with Gasteiger partial charge in [-0.3, -0.25) is 0 Å². The number of nitrogens with two attached hydrogens (primary N) is 1. The van der Waals surface area contributed by atoms with Gasteiger partial charge >= 0.3 is 0 Å². The number of anilines is 1. The quantitative estimate of drug-likeness (QED) is 0.404. The van der Waals surface area contributed by atoms with Gasteiger partial charge in [0, 0.05) is 36.4 Å². The molecule has 10 nitrogen and oxygen atoms in total. The summed E-state index contributed by atoms with van der Waals surface area (Å²) in [5.41, 5.74) is 11.5. The molecule has 1 unspecified atom stereocenters. The Morgan fingerprint density at radius 1 is 1.08 bits per heavy atom. The Balaban J connectivity index is 1.39. The summed E-state index contributed by atoms with van der Waals surface area (Å²) in [5, 5.41) is 14.6. The van der Waals surface area contributed by atoms with Gasteiger partial charge in [0.05, 0.1) is 22.8 Å². The molecule has 5 aromatic heterocycles. The average Bonchev–Trinajstić information content (AvgIpc) is 3.44. The minimum atomic E-state index is -0.137. The predicted octanol–water partition coefficient (Wildman–Crippen LogP) is 3.51. The van der Waals surface area contributed by atoms with E-state index in [2.05, 4.69) is 55.6 Å². The van der Waals surface area contributed by atoms with Gasteiger partial charge in [0.1, 0.15) is 23.9 Å². The third kappa shape index (κ3) is 3.83. The van der Waals surface area contributed by atoms with E-state index in [9.17, 15) is 0 Å².